The number of sulfonamides is 1. The van der Waals surface area contributed by atoms with Crippen LogP contribution < -0.4 is 5.32 Å². The molecule has 0 bridgehead atoms. The van der Waals surface area contributed by atoms with Crippen molar-refractivity contribution < 1.29 is 17.7 Å². The molecule has 1 N–H and O–H groups in total. The summed E-state index contributed by atoms with van der Waals surface area (Å²) in [6.07, 6.45) is 10.1. The van der Waals surface area contributed by atoms with E-state index >= 15 is 0 Å². The summed E-state index contributed by atoms with van der Waals surface area (Å²) in [5.41, 5.74) is 2.36. The lowest BCUT2D eigenvalue weighted by Gasteiger charge is -2.29. The quantitative estimate of drug-likeness (QED) is 0.532. The second-order valence-electron chi connectivity index (χ2n) is 9.07. The number of nitrogens with one attached hydrogen (secondary N) is 1. The van der Waals surface area contributed by atoms with Crippen LogP contribution in [-0.4, -0.2) is 69.8 Å². The second kappa shape index (κ2) is 9.59. The van der Waals surface area contributed by atoms with Crippen molar-refractivity contribution in [2.24, 2.45) is 5.92 Å². The number of aromatic nitrogens is 5. The average molecular weight is 490 g/mol. The van der Waals surface area contributed by atoms with Crippen LogP contribution in [0.2, 0.25) is 0 Å². The number of piperidine rings is 1. The predicted octanol–water partition coefficient (Wildman–Crippen LogP) is 2.65. The summed E-state index contributed by atoms with van der Waals surface area (Å²) in [7, 11) is -3.14. The van der Waals surface area contributed by atoms with E-state index in [-0.39, 0.29) is 6.23 Å². The van der Waals surface area contributed by atoms with Crippen LogP contribution in [0, 0.1) is 5.92 Å². The van der Waals surface area contributed by atoms with Crippen molar-refractivity contribution in [1.29, 1.82) is 0 Å². The number of ether oxygens (including phenoxy) is 1. The van der Waals surface area contributed by atoms with E-state index in [9.17, 15) is 8.42 Å². The maximum absolute atomic E-state index is 11.8. The molecule has 0 amide bonds. The van der Waals surface area contributed by atoms with Gasteiger partial charge < -0.3 is 14.6 Å². The van der Waals surface area contributed by atoms with Crippen LogP contribution in [0.1, 0.15) is 44.9 Å². The highest BCUT2D eigenvalue weighted by Crippen LogP contribution is 2.34. The molecular formula is C22H31N7O4S. The van der Waals surface area contributed by atoms with E-state index in [1.54, 1.807) is 6.20 Å². The summed E-state index contributed by atoms with van der Waals surface area (Å²) < 4.78 is 38.5. The van der Waals surface area contributed by atoms with Gasteiger partial charge in [-0.2, -0.15) is 10.1 Å². The molecule has 5 rings (SSSR count). The van der Waals surface area contributed by atoms with Gasteiger partial charge >= 0.3 is 0 Å². The highest BCUT2D eigenvalue weighted by molar-refractivity contribution is 7.88. The van der Waals surface area contributed by atoms with Crippen molar-refractivity contribution in [3.63, 3.8) is 0 Å². The topological polar surface area (TPSA) is 128 Å². The third kappa shape index (κ3) is 4.80. The number of fused-ring (bicyclic) bond motifs is 1. The first-order chi connectivity index (χ1) is 16.4. The second-order valence-corrected chi connectivity index (χ2v) is 11.1. The van der Waals surface area contributed by atoms with Gasteiger partial charge in [-0.3, -0.25) is 0 Å². The lowest BCUT2D eigenvalue weighted by Crippen LogP contribution is -2.38. The van der Waals surface area contributed by atoms with E-state index in [0.29, 0.717) is 37.1 Å². The highest BCUT2D eigenvalue weighted by atomic mass is 32.2. The zero-order valence-corrected chi connectivity index (χ0v) is 20.4. The van der Waals surface area contributed by atoms with Gasteiger partial charge in [-0.25, -0.2) is 22.4 Å². The first-order valence-corrected chi connectivity index (χ1v) is 13.8. The maximum atomic E-state index is 11.8. The fourth-order valence-electron chi connectivity index (χ4n) is 4.74. The van der Waals surface area contributed by atoms with E-state index in [2.05, 4.69) is 25.5 Å². The summed E-state index contributed by atoms with van der Waals surface area (Å²) in [4.78, 5) is 9.30. The Morgan fingerprint density at radius 3 is 2.71 bits per heavy atom. The Hall–Kier alpha value is -2.57. The molecule has 0 spiro atoms. The molecule has 0 radical (unpaired) electrons. The van der Waals surface area contributed by atoms with Crippen molar-refractivity contribution in [3.05, 3.63) is 18.2 Å². The van der Waals surface area contributed by atoms with Crippen molar-refractivity contribution in [3.8, 4) is 11.5 Å². The molecule has 1 atom stereocenters. The van der Waals surface area contributed by atoms with Crippen molar-refractivity contribution >= 4 is 26.7 Å². The standard InChI is InChI=1S/C22H31N7O4S/c1-3-29-21-16(14-24-29)20(26-19-6-4-5-11-32-19)17(13-23-21)22-25-18(27-33-22)12-15-7-9-28(10-8-15)34(2,30)31/h13-15,19H,3-12H2,1-2H3,(H,23,26). The number of pyridine rings is 1. The van der Waals surface area contributed by atoms with Gasteiger partial charge in [-0.1, -0.05) is 5.16 Å². The zero-order chi connectivity index (χ0) is 23.7. The van der Waals surface area contributed by atoms with Gasteiger partial charge in [0.25, 0.3) is 5.89 Å². The van der Waals surface area contributed by atoms with Crippen molar-refractivity contribution in [1.82, 2.24) is 29.2 Å². The van der Waals surface area contributed by atoms with Gasteiger partial charge in [-0.15, -0.1) is 0 Å². The van der Waals surface area contributed by atoms with Crippen LogP contribution in [0.25, 0.3) is 22.5 Å². The van der Waals surface area contributed by atoms with Gasteiger partial charge in [0, 0.05) is 38.9 Å². The number of anilines is 1. The molecule has 184 valence electrons. The Labute approximate surface area is 198 Å². The van der Waals surface area contributed by atoms with Gasteiger partial charge in [0.15, 0.2) is 11.5 Å². The lowest BCUT2D eigenvalue weighted by molar-refractivity contribution is 0.0344. The fraction of sp³-hybridized carbons (Fsp3) is 0.636. The molecule has 2 saturated heterocycles. The van der Waals surface area contributed by atoms with Crippen LogP contribution in [0.3, 0.4) is 0 Å². The molecule has 3 aromatic heterocycles. The molecule has 11 nitrogen and oxygen atoms in total. The normalized spacial score (nSPS) is 20.7. The highest BCUT2D eigenvalue weighted by Gasteiger charge is 2.27. The Morgan fingerprint density at radius 2 is 2.00 bits per heavy atom. The number of aryl methyl sites for hydroxylation is 1. The smallest absolute Gasteiger partial charge is 0.261 e. The summed E-state index contributed by atoms with van der Waals surface area (Å²) in [5.74, 6) is 1.35. The molecular weight excluding hydrogens is 458 g/mol. The Morgan fingerprint density at radius 1 is 1.18 bits per heavy atom. The van der Waals surface area contributed by atoms with Crippen LogP contribution in [-0.2, 0) is 27.7 Å². The largest absolute Gasteiger partial charge is 0.359 e. The van der Waals surface area contributed by atoms with E-state index in [4.69, 9.17) is 9.26 Å². The zero-order valence-electron chi connectivity index (χ0n) is 19.6. The summed E-state index contributed by atoms with van der Waals surface area (Å²) in [5, 5.41) is 13.1. The third-order valence-electron chi connectivity index (χ3n) is 6.66. The third-order valence-corrected chi connectivity index (χ3v) is 7.97. The first-order valence-electron chi connectivity index (χ1n) is 11.9. The molecule has 0 aromatic carbocycles. The number of hydrogen-bond donors (Lipinski definition) is 1. The Balaban J connectivity index is 1.38. The fourth-order valence-corrected chi connectivity index (χ4v) is 5.61. The van der Waals surface area contributed by atoms with E-state index < -0.39 is 10.0 Å². The average Bonchev–Trinajstić information content (AvgIpc) is 3.47. The summed E-state index contributed by atoms with van der Waals surface area (Å²) in [6, 6.07) is 0. The molecule has 2 aliphatic rings. The molecule has 2 fully saturated rings. The van der Waals surface area contributed by atoms with Crippen molar-refractivity contribution in [2.45, 2.75) is 58.2 Å². The summed E-state index contributed by atoms with van der Waals surface area (Å²) >= 11 is 0. The number of rotatable bonds is 7. The molecule has 0 aliphatic carbocycles. The predicted molar refractivity (Wildman–Crippen MR) is 127 cm³/mol. The minimum absolute atomic E-state index is 0.0921. The molecule has 2 aliphatic heterocycles. The number of hydrogen-bond acceptors (Lipinski definition) is 9. The molecule has 34 heavy (non-hydrogen) atoms. The lowest BCUT2D eigenvalue weighted by atomic mass is 9.94. The Bertz CT molecular complexity index is 1240. The minimum atomic E-state index is -3.14. The van der Waals surface area contributed by atoms with E-state index in [1.807, 2.05) is 17.8 Å². The molecule has 5 heterocycles. The molecule has 12 heteroatoms. The summed E-state index contributed by atoms with van der Waals surface area (Å²) in [6.45, 7) is 4.55. The SMILES string of the molecule is CCn1ncc2c(NC3CCCCO3)c(-c3nc(CC4CCN(S(C)(=O)=O)CC4)no3)cnc21. The number of nitrogens with zero attached hydrogens (tertiary/aromatic N) is 6. The molecule has 1 unspecified atom stereocenters. The van der Waals surface area contributed by atoms with E-state index in [0.717, 1.165) is 67.5 Å². The van der Waals surface area contributed by atoms with Gasteiger partial charge in [-0.05, 0) is 44.9 Å². The minimum Gasteiger partial charge on any atom is -0.359 e. The van der Waals surface area contributed by atoms with Crippen LogP contribution in [0.5, 0.6) is 0 Å². The monoisotopic (exact) mass is 489 g/mol. The van der Waals surface area contributed by atoms with Gasteiger partial charge in [0.1, 0.15) is 6.23 Å². The van der Waals surface area contributed by atoms with Crippen LogP contribution in [0.4, 0.5) is 5.69 Å². The maximum Gasteiger partial charge on any atom is 0.261 e. The van der Waals surface area contributed by atoms with Crippen LogP contribution in [0.15, 0.2) is 16.9 Å². The van der Waals surface area contributed by atoms with Gasteiger partial charge in [0.2, 0.25) is 10.0 Å². The van der Waals surface area contributed by atoms with Crippen molar-refractivity contribution in [2.75, 3.05) is 31.3 Å². The van der Waals surface area contributed by atoms with Gasteiger partial charge in [0.05, 0.1) is 29.1 Å². The van der Waals surface area contributed by atoms with Crippen LogP contribution >= 0.6 is 0 Å². The first kappa shape index (κ1) is 23.2. The van der Waals surface area contributed by atoms with E-state index in [1.165, 1.54) is 10.6 Å². The molecule has 3 aromatic rings. The molecule has 0 saturated carbocycles. The Kier molecular flexibility index (Phi) is 6.54.